The number of primary amides is 1. The number of pyridine rings is 1. The topological polar surface area (TPSA) is 83.8 Å². The fourth-order valence-corrected chi connectivity index (χ4v) is 2.50. The summed E-state index contributed by atoms with van der Waals surface area (Å²) < 4.78 is 0. The number of benzene rings is 1. The monoisotopic (exact) mass is 280 g/mol. The summed E-state index contributed by atoms with van der Waals surface area (Å²) in [6, 6.07) is 9.83. The maximum atomic E-state index is 11.8. The Bertz CT molecular complexity index is 790. The van der Waals surface area contributed by atoms with Crippen molar-refractivity contribution in [3.8, 4) is 11.1 Å². The molecular formula is C16H16N4O. The average Bonchev–Trinajstić information content (AvgIpc) is 2.95. The van der Waals surface area contributed by atoms with Crippen molar-refractivity contribution in [2.75, 3.05) is 7.05 Å². The second kappa shape index (κ2) is 5.38. The summed E-state index contributed by atoms with van der Waals surface area (Å²) in [5, 5.41) is 3.85. The normalized spacial score (nSPS) is 10.9. The zero-order valence-electron chi connectivity index (χ0n) is 11.7. The van der Waals surface area contributed by atoms with E-state index in [0.29, 0.717) is 11.2 Å². The second-order valence-corrected chi connectivity index (χ2v) is 4.88. The van der Waals surface area contributed by atoms with Crippen molar-refractivity contribution in [2.24, 2.45) is 5.73 Å². The molecule has 5 heteroatoms. The van der Waals surface area contributed by atoms with Crippen LogP contribution in [0.15, 0.2) is 42.7 Å². The lowest BCUT2D eigenvalue weighted by atomic mass is 9.98. The highest BCUT2D eigenvalue weighted by Crippen LogP contribution is 2.28. The highest BCUT2D eigenvalue weighted by atomic mass is 16.1. The van der Waals surface area contributed by atoms with E-state index in [1.54, 1.807) is 12.4 Å². The molecule has 0 fully saturated rings. The first-order valence-corrected chi connectivity index (χ1v) is 6.70. The smallest absolute Gasteiger partial charge is 0.250 e. The van der Waals surface area contributed by atoms with Crippen LogP contribution in [-0.2, 0) is 6.54 Å². The van der Waals surface area contributed by atoms with Gasteiger partial charge in [-0.05, 0) is 24.2 Å². The molecule has 2 aromatic heterocycles. The number of carbonyl (C=O) groups excluding carboxylic acids is 1. The Morgan fingerprint density at radius 1 is 1.29 bits per heavy atom. The molecule has 0 aliphatic carbocycles. The van der Waals surface area contributed by atoms with Crippen molar-refractivity contribution in [1.29, 1.82) is 0 Å². The Labute approximate surface area is 122 Å². The van der Waals surface area contributed by atoms with Gasteiger partial charge < -0.3 is 16.0 Å². The zero-order chi connectivity index (χ0) is 14.8. The number of amides is 1. The van der Waals surface area contributed by atoms with Crippen LogP contribution in [0.1, 0.15) is 15.9 Å². The van der Waals surface area contributed by atoms with Crippen molar-refractivity contribution in [3.63, 3.8) is 0 Å². The van der Waals surface area contributed by atoms with E-state index in [0.717, 1.165) is 23.1 Å². The predicted molar refractivity (Wildman–Crippen MR) is 82.8 cm³/mol. The lowest BCUT2D eigenvalue weighted by molar-refractivity contribution is 0.100. The molecular weight excluding hydrogens is 264 g/mol. The fourth-order valence-electron chi connectivity index (χ4n) is 2.50. The van der Waals surface area contributed by atoms with E-state index >= 15 is 0 Å². The highest BCUT2D eigenvalue weighted by molar-refractivity contribution is 6.10. The third-order valence-electron chi connectivity index (χ3n) is 3.48. The van der Waals surface area contributed by atoms with Gasteiger partial charge in [-0.1, -0.05) is 24.3 Å². The molecule has 1 aromatic carbocycles. The number of aromatic amines is 1. The van der Waals surface area contributed by atoms with Crippen LogP contribution in [-0.4, -0.2) is 22.9 Å². The minimum absolute atomic E-state index is 0.448. The molecule has 1 amide bonds. The molecule has 0 radical (unpaired) electrons. The number of nitrogens with two attached hydrogens (primary N) is 1. The van der Waals surface area contributed by atoms with Gasteiger partial charge in [0, 0.05) is 29.9 Å². The van der Waals surface area contributed by atoms with Gasteiger partial charge in [-0.3, -0.25) is 4.79 Å². The molecule has 0 saturated carbocycles. The summed E-state index contributed by atoms with van der Waals surface area (Å²) in [6.07, 6.45) is 3.44. The summed E-state index contributed by atoms with van der Waals surface area (Å²) in [5.74, 6) is -0.448. The molecule has 0 atom stereocenters. The van der Waals surface area contributed by atoms with Crippen LogP contribution in [0.5, 0.6) is 0 Å². The summed E-state index contributed by atoms with van der Waals surface area (Å²) in [6.45, 7) is 0.804. The van der Waals surface area contributed by atoms with Crippen LogP contribution < -0.4 is 11.1 Å². The number of fused-ring (bicyclic) bond motifs is 1. The molecule has 3 aromatic rings. The zero-order valence-corrected chi connectivity index (χ0v) is 11.7. The number of nitrogens with one attached hydrogen (secondary N) is 2. The van der Waals surface area contributed by atoms with Crippen LogP contribution >= 0.6 is 0 Å². The number of hydrogen-bond donors (Lipinski definition) is 3. The van der Waals surface area contributed by atoms with E-state index in [-0.39, 0.29) is 0 Å². The first kappa shape index (κ1) is 13.3. The Morgan fingerprint density at radius 3 is 2.71 bits per heavy atom. The van der Waals surface area contributed by atoms with Gasteiger partial charge in [0.2, 0.25) is 5.91 Å². The van der Waals surface area contributed by atoms with Gasteiger partial charge in [0.1, 0.15) is 5.65 Å². The van der Waals surface area contributed by atoms with Gasteiger partial charge in [0.25, 0.3) is 0 Å². The van der Waals surface area contributed by atoms with Crippen molar-refractivity contribution in [2.45, 2.75) is 6.54 Å². The lowest BCUT2D eigenvalue weighted by Crippen LogP contribution is -2.13. The van der Waals surface area contributed by atoms with Gasteiger partial charge in [0.05, 0.1) is 5.56 Å². The van der Waals surface area contributed by atoms with Crippen LogP contribution in [0.4, 0.5) is 0 Å². The van der Waals surface area contributed by atoms with Gasteiger partial charge in [-0.2, -0.15) is 0 Å². The number of H-pyrrole nitrogens is 1. The fraction of sp³-hybridized carbons (Fsp3) is 0.125. The van der Waals surface area contributed by atoms with E-state index in [2.05, 4.69) is 15.3 Å². The lowest BCUT2D eigenvalue weighted by Gasteiger charge is -2.09. The maximum Gasteiger partial charge on any atom is 0.250 e. The standard InChI is InChI=1S/C16H16N4O/c1-18-8-10-2-4-11(5-3-10)13-9-20-16-12(6-7-19-16)14(13)15(17)21/h2-7,9,18H,8H2,1H3,(H2,17,21)(H,19,20). The molecule has 0 bridgehead atoms. The summed E-state index contributed by atoms with van der Waals surface area (Å²) in [5.41, 5.74) is 9.60. The van der Waals surface area contributed by atoms with Gasteiger partial charge in [-0.25, -0.2) is 4.98 Å². The molecule has 106 valence electrons. The number of carbonyl (C=O) groups is 1. The third kappa shape index (κ3) is 2.39. The van der Waals surface area contributed by atoms with E-state index < -0.39 is 5.91 Å². The first-order valence-electron chi connectivity index (χ1n) is 6.70. The first-order chi connectivity index (χ1) is 10.2. The van der Waals surface area contributed by atoms with Gasteiger partial charge in [0.15, 0.2) is 0 Å². The molecule has 5 nitrogen and oxygen atoms in total. The Kier molecular flexibility index (Phi) is 3.41. The van der Waals surface area contributed by atoms with E-state index in [4.69, 9.17) is 5.73 Å². The van der Waals surface area contributed by atoms with Crippen molar-refractivity contribution in [1.82, 2.24) is 15.3 Å². The third-order valence-corrected chi connectivity index (χ3v) is 3.48. The van der Waals surface area contributed by atoms with Crippen molar-refractivity contribution in [3.05, 3.63) is 53.9 Å². The summed E-state index contributed by atoms with van der Waals surface area (Å²) in [4.78, 5) is 19.2. The van der Waals surface area contributed by atoms with Crippen LogP contribution in [0.3, 0.4) is 0 Å². The molecule has 0 spiro atoms. The van der Waals surface area contributed by atoms with Crippen LogP contribution in [0.25, 0.3) is 22.2 Å². The van der Waals surface area contributed by atoms with E-state index in [9.17, 15) is 4.79 Å². The van der Waals surface area contributed by atoms with Gasteiger partial charge in [-0.15, -0.1) is 0 Å². The number of rotatable bonds is 4. The van der Waals surface area contributed by atoms with Gasteiger partial charge >= 0.3 is 0 Å². The van der Waals surface area contributed by atoms with Crippen LogP contribution in [0.2, 0.25) is 0 Å². The van der Waals surface area contributed by atoms with Crippen LogP contribution in [0, 0.1) is 0 Å². The Hall–Kier alpha value is -2.66. The molecule has 3 rings (SSSR count). The number of hydrogen-bond acceptors (Lipinski definition) is 3. The maximum absolute atomic E-state index is 11.8. The molecule has 4 N–H and O–H groups in total. The van der Waals surface area contributed by atoms with Crippen molar-refractivity contribution >= 4 is 16.9 Å². The summed E-state index contributed by atoms with van der Waals surface area (Å²) in [7, 11) is 1.91. The highest BCUT2D eigenvalue weighted by Gasteiger charge is 2.15. The largest absolute Gasteiger partial charge is 0.366 e. The number of aromatic nitrogens is 2. The molecule has 0 saturated heterocycles. The van der Waals surface area contributed by atoms with E-state index in [1.165, 1.54) is 5.56 Å². The molecule has 0 unspecified atom stereocenters. The second-order valence-electron chi connectivity index (χ2n) is 4.88. The summed E-state index contributed by atoms with van der Waals surface area (Å²) >= 11 is 0. The molecule has 21 heavy (non-hydrogen) atoms. The molecule has 0 aliphatic rings. The molecule has 0 aliphatic heterocycles. The number of nitrogens with zero attached hydrogens (tertiary/aromatic N) is 1. The Morgan fingerprint density at radius 2 is 2.05 bits per heavy atom. The SMILES string of the molecule is CNCc1ccc(-c2cnc3[nH]ccc3c2C(N)=O)cc1. The van der Waals surface area contributed by atoms with E-state index in [1.807, 2.05) is 37.4 Å². The predicted octanol–water partition coefficient (Wildman–Crippen LogP) is 2.05. The minimum Gasteiger partial charge on any atom is -0.366 e. The van der Waals surface area contributed by atoms with Crippen molar-refractivity contribution < 1.29 is 4.79 Å². The Balaban J connectivity index is 2.14. The average molecular weight is 280 g/mol. The minimum atomic E-state index is -0.448. The molecule has 2 heterocycles. The quantitative estimate of drug-likeness (QED) is 0.684.